The molecule has 1 aromatic heterocycles. The number of hydrazine groups is 1. The maximum Gasteiger partial charge on any atom is 0.289 e. The van der Waals surface area contributed by atoms with Crippen molar-refractivity contribution in [3.63, 3.8) is 0 Å². The fourth-order valence-corrected chi connectivity index (χ4v) is 3.39. The molecule has 1 amide bonds. The highest BCUT2D eigenvalue weighted by Crippen LogP contribution is 2.30. The van der Waals surface area contributed by atoms with E-state index in [0.717, 1.165) is 0 Å². The van der Waals surface area contributed by atoms with Crippen LogP contribution in [0.3, 0.4) is 0 Å². The predicted molar refractivity (Wildman–Crippen MR) is 86.7 cm³/mol. The number of rotatable bonds is 2. The third-order valence-electron chi connectivity index (χ3n) is 3.30. The van der Waals surface area contributed by atoms with E-state index in [1.807, 2.05) is 6.92 Å². The standard InChI is InChI=1S/C14H14N6O3S/c1-2-20-11-5-3-4-6-12(11)24(22,23)19-14(20)18-17-13(21)10-9-15-7-8-16-10/h3-9H,2H2,1H3,(H,17,21)(H,18,19). The molecule has 2 heterocycles. The number of nitrogens with zero attached hydrogens (tertiary/aromatic N) is 4. The lowest BCUT2D eigenvalue weighted by Gasteiger charge is -2.29. The van der Waals surface area contributed by atoms with Gasteiger partial charge in [0.15, 0.2) is 0 Å². The molecule has 1 aliphatic heterocycles. The first-order valence-electron chi connectivity index (χ1n) is 7.07. The molecule has 3 rings (SSSR count). The fraction of sp³-hybridized carbons (Fsp3) is 0.143. The Hall–Kier alpha value is -3.01. The second-order valence-electron chi connectivity index (χ2n) is 4.77. The summed E-state index contributed by atoms with van der Waals surface area (Å²) in [7, 11) is -3.84. The number of benzene rings is 1. The molecule has 0 saturated heterocycles. The SMILES string of the molecule is CCN1C(NNC(=O)c2cnccn2)=NS(=O)(=O)c2ccccc21. The van der Waals surface area contributed by atoms with Gasteiger partial charge in [-0.2, -0.15) is 8.42 Å². The first-order chi connectivity index (χ1) is 11.5. The van der Waals surface area contributed by atoms with Gasteiger partial charge in [-0.15, -0.1) is 4.40 Å². The Morgan fingerprint density at radius 3 is 2.75 bits per heavy atom. The summed E-state index contributed by atoms with van der Waals surface area (Å²) < 4.78 is 28.3. The average molecular weight is 346 g/mol. The van der Waals surface area contributed by atoms with E-state index in [0.29, 0.717) is 12.2 Å². The number of carbonyl (C=O) groups excluding carboxylic acids is 1. The molecule has 1 aromatic carbocycles. The maximum atomic E-state index is 12.3. The number of fused-ring (bicyclic) bond motifs is 1. The van der Waals surface area contributed by atoms with Crippen LogP contribution < -0.4 is 15.8 Å². The summed E-state index contributed by atoms with van der Waals surface area (Å²) in [4.78, 5) is 21.4. The Kier molecular flexibility index (Phi) is 4.13. The topological polar surface area (TPSA) is 117 Å². The normalized spacial score (nSPS) is 15.2. The summed E-state index contributed by atoms with van der Waals surface area (Å²) in [5.74, 6) is -0.549. The van der Waals surface area contributed by atoms with Crippen molar-refractivity contribution in [2.75, 3.05) is 11.4 Å². The highest BCUT2D eigenvalue weighted by atomic mass is 32.2. The first-order valence-corrected chi connectivity index (χ1v) is 8.51. The highest BCUT2D eigenvalue weighted by molar-refractivity contribution is 7.90. The van der Waals surface area contributed by atoms with Crippen molar-refractivity contribution in [2.24, 2.45) is 4.40 Å². The van der Waals surface area contributed by atoms with E-state index < -0.39 is 15.9 Å². The number of carbonyl (C=O) groups is 1. The van der Waals surface area contributed by atoms with Crippen LogP contribution in [0.5, 0.6) is 0 Å². The van der Waals surface area contributed by atoms with Crippen molar-refractivity contribution >= 4 is 27.6 Å². The number of aromatic nitrogens is 2. The number of hydrogen-bond donors (Lipinski definition) is 2. The molecule has 2 N–H and O–H groups in total. The maximum absolute atomic E-state index is 12.3. The van der Waals surface area contributed by atoms with E-state index in [1.165, 1.54) is 24.7 Å². The zero-order valence-corrected chi connectivity index (χ0v) is 13.5. The monoisotopic (exact) mass is 346 g/mol. The molecule has 0 bridgehead atoms. The largest absolute Gasteiger partial charge is 0.309 e. The molecule has 10 heteroatoms. The minimum atomic E-state index is -3.84. The molecule has 9 nitrogen and oxygen atoms in total. The highest BCUT2D eigenvalue weighted by Gasteiger charge is 2.30. The Morgan fingerprint density at radius 1 is 1.25 bits per heavy atom. The Labute approximate surface area is 138 Å². The Bertz CT molecular complexity index is 898. The van der Waals surface area contributed by atoms with Crippen molar-refractivity contribution in [1.82, 2.24) is 20.8 Å². The van der Waals surface area contributed by atoms with Crippen LogP contribution in [-0.4, -0.2) is 36.8 Å². The van der Waals surface area contributed by atoms with E-state index in [-0.39, 0.29) is 16.5 Å². The van der Waals surface area contributed by atoms with Gasteiger partial charge in [0.2, 0.25) is 5.96 Å². The zero-order chi connectivity index (χ0) is 17.2. The Balaban J connectivity index is 1.86. The molecule has 0 aliphatic carbocycles. The van der Waals surface area contributed by atoms with Crippen molar-refractivity contribution < 1.29 is 13.2 Å². The van der Waals surface area contributed by atoms with Crippen molar-refractivity contribution in [1.29, 1.82) is 0 Å². The number of sulfonamides is 1. The summed E-state index contributed by atoms with van der Waals surface area (Å²) in [5, 5.41) is 0. The first kappa shape index (κ1) is 15.9. The van der Waals surface area contributed by atoms with Gasteiger partial charge in [0, 0.05) is 18.9 Å². The van der Waals surface area contributed by atoms with Crippen LogP contribution in [0.4, 0.5) is 5.69 Å². The van der Waals surface area contributed by atoms with Crippen molar-refractivity contribution in [3.8, 4) is 0 Å². The van der Waals surface area contributed by atoms with Crippen LogP contribution in [0.2, 0.25) is 0 Å². The summed E-state index contributed by atoms with van der Waals surface area (Å²) in [6.07, 6.45) is 4.12. The molecule has 24 heavy (non-hydrogen) atoms. The number of para-hydroxylation sites is 1. The number of anilines is 1. The fourth-order valence-electron chi connectivity index (χ4n) is 2.23. The quantitative estimate of drug-likeness (QED) is 0.751. The van der Waals surface area contributed by atoms with Crippen molar-refractivity contribution in [2.45, 2.75) is 11.8 Å². The molecule has 2 aromatic rings. The lowest BCUT2D eigenvalue weighted by Crippen LogP contribution is -2.52. The molecule has 0 radical (unpaired) electrons. The summed E-state index contributed by atoms with van der Waals surface area (Å²) >= 11 is 0. The minimum Gasteiger partial charge on any atom is -0.309 e. The number of hydrogen-bond acceptors (Lipinski definition) is 7. The van der Waals surface area contributed by atoms with Crippen LogP contribution in [0.15, 0.2) is 52.1 Å². The summed E-state index contributed by atoms with van der Waals surface area (Å²) in [6.45, 7) is 2.30. The lowest BCUT2D eigenvalue weighted by molar-refractivity contribution is 0.0938. The number of nitrogens with one attached hydrogen (secondary N) is 2. The molecule has 0 fully saturated rings. The molecule has 1 aliphatic rings. The lowest BCUT2D eigenvalue weighted by atomic mass is 10.3. The van der Waals surface area contributed by atoms with Crippen LogP contribution >= 0.6 is 0 Å². The van der Waals surface area contributed by atoms with E-state index in [1.54, 1.807) is 23.1 Å². The third kappa shape index (κ3) is 2.91. The van der Waals surface area contributed by atoms with Gasteiger partial charge in [-0.1, -0.05) is 12.1 Å². The van der Waals surface area contributed by atoms with Crippen molar-refractivity contribution in [3.05, 3.63) is 48.5 Å². The van der Waals surface area contributed by atoms with Crippen LogP contribution in [0, 0.1) is 0 Å². The second kappa shape index (κ2) is 6.24. The average Bonchev–Trinajstić information content (AvgIpc) is 2.60. The van der Waals surface area contributed by atoms with Gasteiger partial charge < -0.3 is 4.90 Å². The summed E-state index contributed by atoms with van der Waals surface area (Å²) in [5.41, 5.74) is 5.50. The van der Waals surface area contributed by atoms with Crippen LogP contribution in [0.1, 0.15) is 17.4 Å². The van der Waals surface area contributed by atoms with E-state index in [2.05, 4.69) is 25.2 Å². The predicted octanol–water partition coefficient (Wildman–Crippen LogP) is 0.296. The molecule has 124 valence electrons. The molecular weight excluding hydrogens is 332 g/mol. The summed E-state index contributed by atoms with van der Waals surface area (Å²) in [6, 6.07) is 6.54. The molecular formula is C14H14N6O3S. The Morgan fingerprint density at radius 2 is 2.04 bits per heavy atom. The van der Waals surface area contributed by atoms with Gasteiger partial charge in [-0.05, 0) is 19.1 Å². The van der Waals surface area contributed by atoms with Gasteiger partial charge in [-0.25, -0.2) is 4.98 Å². The van der Waals surface area contributed by atoms with Crippen LogP contribution in [-0.2, 0) is 10.0 Å². The third-order valence-corrected chi connectivity index (χ3v) is 4.61. The van der Waals surface area contributed by atoms with Gasteiger partial charge in [0.05, 0.1) is 11.9 Å². The van der Waals surface area contributed by atoms with Gasteiger partial charge in [0.1, 0.15) is 10.6 Å². The van der Waals surface area contributed by atoms with E-state index in [4.69, 9.17) is 0 Å². The smallest absolute Gasteiger partial charge is 0.289 e. The molecule has 0 saturated carbocycles. The minimum absolute atomic E-state index is 0.00782. The molecule has 0 spiro atoms. The van der Waals surface area contributed by atoms with Crippen LogP contribution in [0.25, 0.3) is 0 Å². The zero-order valence-electron chi connectivity index (χ0n) is 12.7. The van der Waals surface area contributed by atoms with E-state index in [9.17, 15) is 13.2 Å². The second-order valence-corrected chi connectivity index (χ2v) is 6.34. The van der Waals surface area contributed by atoms with Gasteiger partial charge >= 0.3 is 0 Å². The van der Waals surface area contributed by atoms with Gasteiger partial charge in [-0.3, -0.25) is 20.6 Å². The molecule has 0 atom stereocenters. The van der Waals surface area contributed by atoms with E-state index >= 15 is 0 Å². The number of guanidine groups is 1. The molecule has 0 unspecified atom stereocenters. The van der Waals surface area contributed by atoms with Gasteiger partial charge in [0.25, 0.3) is 15.9 Å². The number of amides is 1.